The normalized spacial score (nSPS) is 11.0. The maximum absolute atomic E-state index is 12.1. The van der Waals surface area contributed by atoms with Gasteiger partial charge in [-0.25, -0.2) is 0 Å². The number of terminal acetylenes is 1. The molecule has 1 N–H and O–H groups in total. The lowest BCUT2D eigenvalue weighted by molar-refractivity contribution is -0.167. The van der Waals surface area contributed by atoms with Crippen molar-refractivity contribution in [2.24, 2.45) is 0 Å². The van der Waals surface area contributed by atoms with E-state index in [1.54, 1.807) is 17.4 Å². The molecule has 0 heterocycles. The summed E-state index contributed by atoms with van der Waals surface area (Å²) in [5.74, 6) is 0.552. The highest BCUT2D eigenvalue weighted by Gasteiger charge is 2.38. The molecule has 21 heavy (non-hydrogen) atoms. The summed E-state index contributed by atoms with van der Waals surface area (Å²) in [5.41, 5.74) is 0.909. The van der Waals surface area contributed by atoms with Gasteiger partial charge >= 0.3 is 12.1 Å². The highest BCUT2D eigenvalue weighted by molar-refractivity contribution is 5.94. The number of halogens is 3. The van der Waals surface area contributed by atoms with Crippen LogP contribution in [0.5, 0.6) is 0 Å². The molecule has 1 rings (SSSR count). The molecule has 1 aromatic rings. The molecular formula is C15H16F3NO2. The Morgan fingerprint density at radius 2 is 1.90 bits per heavy atom. The minimum Gasteiger partial charge on any atom is -0.377 e. The summed E-state index contributed by atoms with van der Waals surface area (Å²) < 4.78 is 41.6. The van der Waals surface area contributed by atoms with Gasteiger partial charge < -0.3 is 10.1 Å². The maximum atomic E-state index is 12.1. The van der Waals surface area contributed by atoms with Crippen LogP contribution in [0.1, 0.15) is 24.8 Å². The van der Waals surface area contributed by atoms with Gasteiger partial charge in [0.15, 0.2) is 0 Å². The number of hydrogen-bond acceptors (Lipinski definition) is 2. The number of carbonyl (C=O) groups is 1. The third kappa shape index (κ3) is 6.82. The van der Waals surface area contributed by atoms with E-state index >= 15 is 0 Å². The van der Waals surface area contributed by atoms with Gasteiger partial charge in [-0.1, -0.05) is 12.1 Å². The van der Waals surface area contributed by atoms with Crippen molar-refractivity contribution < 1.29 is 22.7 Å². The predicted octanol–water partition coefficient (Wildman–Crippen LogP) is 3.51. The number of rotatable bonds is 7. The van der Waals surface area contributed by atoms with E-state index in [9.17, 15) is 18.0 Å². The number of nitrogens with one attached hydrogen (secondary N) is 1. The van der Waals surface area contributed by atoms with Crippen LogP contribution < -0.4 is 5.32 Å². The molecule has 1 amide bonds. The molecule has 0 aliphatic rings. The van der Waals surface area contributed by atoms with E-state index in [1.165, 1.54) is 12.1 Å². The lowest BCUT2D eigenvalue weighted by Gasteiger charge is -2.09. The molecule has 0 aliphatic heterocycles. The first-order chi connectivity index (χ1) is 9.93. The van der Waals surface area contributed by atoms with Crippen molar-refractivity contribution in [1.82, 2.24) is 0 Å². The number of hydrogen-bond donors (Lipinski definition) is 1. The van der Waals surface area contributed by atoms with E-state index in [4.69, 9.17) is 11.2 Å². The van der Waals surface area contributed by atoms with E-state index in [-0.39, 0.29) is 5.69 Å². The Morgan fingerprint density at radius 1 is 1.24 bits per heavy atom. The average molecular weight is 299 g/mol. The minimum absolute atomic E-state index is 0.0927. The Balaban J connectivity index is 2.34. The standard InChI is InChI=1S/C15H16F3NO2/c1-2-3-4-5-10-21-11-12-6-8-13(9-7-12)19-14(20)15(16,17)18/h1,6-9H,3-5,10-11H2,(H,19,20). The molecule has 0 unspecified atom stereocenters. The zero-order valence-corrected chi connectivity index (χ0v) is 11.4. The Hall–Kier alpha value is -2.00. The van der Waals surface area contributed by atoms with Crippen LogP contribution in [0.25, 0.3) is 0 Å². The fourth-order valence-corrected chi connectivity index (χ4v) is 1.51. The molecule has 0 atom stereocenters. The molecule has 3 nitrogen and oxygen atoms in total. The van der Waals surface area contributed by atoms with Gasteiger partial charge in [-0.3, -0.25) is 4.79 Å². The van der Waals surface area contributed by atoms with E-state index in [0.717, 1.165) is 24.8 Å². The van der Waals surface area contributed by atoms with Crippen molar-refractivity contribution in [3.63, 3.8) is 0 Å². The van der Waals surface area contributed by atoms with Crippen LogP contribution in [-0.2, 0) is 16.1 Å². The summed E-state index contributed by atoms with van der Waals surface area (Å²) in [4.78, 5) is 10.7. The molecule has 6 heteroatoms. The highest BCUT2D eigenvalue weighted by atomic mass is 19.4. The number of carbonyl (C=O) groups excluding carboxylic acids is 1. The van der Waals surface area contributed by atoms with Crippen LogP contribution in [0.2, 0.25) is 0 Å². The monoisotopic (exact) mass is 299 g/mol. The Bertz CT molecular complexity index is 489. The van der Waals surface area contributed by atoms with E-state index in [1.807, 2.05) is 0 Å². The second-order valence-corrected chi connectivity index (χ2v) is 4.36. The van der Waals surface area contributed by atoms with Gasteiger partial charge in [0.2, 0.25) is 0 Å². The quantitative estimate of drug-likeness (QED) is 0.618. The average Bonchev–Trinajstić information content (AvgIpc) is 2.43. The second-order valence-electron chi connectivity index (χ2n) is 4.36. The summed E-state index contributed by atoms with van der Waals surface area (Å²) >= 11 is 0. The zero-order valence-electron chi connectivity index (χ0n) is 11.4. The van der Waals surface area contributed by atoms with Crippen LogP contribution in [0.4, 0.5) is 18.9 Å². The molecule has 0 spiro atoms. The highest BCUT2D eigenvalue weighted by Crippen LogP contribution is 2.18. The largest absolute Gasteiger partial charge is 0.471 e. The van der Waals surface area contributed by atoms with Gasteiger partial charge in [0.1, 0.15) is 0 Å². The lowest BCUT2D eigenvalue weighted by Crippen LogP contribution is -2.29. The number of amides is 1. The van der Waals surface area contributed by atoms with Gasteiger partial charge in [-0.15, -0.1) is 12.3 Å². The minimum atomic E-state index is -4.89. The van der Waals surface area contributed by atoms with E-state index in [0.29, 0.717) is 13.2 Å². The van der Waals surface area contributed by atoms with Gasteiger partial charge in [0, 0.05) is 18.7 Å². The molecule has 0 saturated carbocycles. The van der Waals surface area contributed by atoms with Gasteiger partial charge in [0.05, 0.1) is 6.61 Å². The number of alkyl halides is 3. The Morgan fingerprint density at radius 3 is 2.48 bits per heavy atom. The summed E-state index contributed by atoms with van der Waals surface area (Å²) in [5, 5.41) is 1.78. The Labute approximate surface area is 121 Å². The molecule has 114 valence electrons. The van der Waals surface area contributed by atoms with Crippen molar-refractivity contribution in [3.05, 3.63) is 29.8 Å². The van der Waals surface area contributed by atoms with Crippen LogP contribution >= 0.6 is 0 Å². The number of ether oxygens (including phenoxy) is 1. The molecule has 0 aliphatic carbocycles. The summed E-state index contributed by atoms with van der Waals surface area (Å²) in [6.07, 6.45) is 2.72. The fraction of sp³-hybridized carbons (Fsp3) is 0.400. The third-order valence-corrected chi connectivity index (χ3v) is 2.60. The Kier molecular flexibility index (Phi) is 6.76. The topological polar surface area (TPSA) is 38.3 Å². The number of unbranched alkanes of at least 4 members (excludes halogenated alkanes) is 2. The second kappa shape index (κ2) is 8.32. The van der Waals surface area contributed by atoms with Gasteiger partial charge in [0.25, 0.3) is 0 Å². The lowest BCUT2D eigenvalue weighted by atomic mass is 10.2. The first kappa shape index (κ1) is 17.1. The van der Waals surface area contributed by atoms with Crippen LogP contribution in [0.3, 0.4) is 0 Å². The van der Waals surface area contributed by atoms with Crippen molar-refractivity contribution >= 4 is 11.6 Å². The zero-order chi connectivity index (χ0) is 15.7. The van der Waals surface area contributed by atoms with Crippen LogP contribution in [0, 0.1) is 12.3 Å². The van der Waals surface area contributed by atoms with Crippen LogP contribution in [0.15, 0.2) is 24.3 Å². The van der Waals surface area contributed by atoms with Crippen LogP contribution in [-0.4, -0.2) is 18.7 Å². The SMILES string of the molecule is C#CCCCCOCc1ccc(NC(=O)C(F)(F)F)cc1. The van der Waals surface area contributed by atoms with Crippen molar-refractivity contribution in [3.8, 4) is 12.3 Å². The summed E-state index contributed by atoms with van der Waals surface area (Å²) in [6, 6.07) is 6.02. The first-order valence-electron chi connectivity index (χ1n) is 6.42. The van der Waals surface area contributed by atoms with Gasteiger partial charge in [-0.05, 0) is 30.5 Å². The van der Waals surface area contributed by atoms with E-state index in [2.05, 4.69) is 5.92 Å². The third-order valence-electron chi connectivity index (χ3n) is 2.60. The predicted molar refractivity (Wildman–Crippen MR) is 73.5 cm³/mol. The maximum Gasteiger partial charge on any atom is 0.471 e. The number of benzene rings is 1. The van der Waals surface area contributed by atoms with E-state index < -0.39 is 12.1 Å². The molecular weight excluding hydrogens is 283 g/mol. The summed E-state index contributed by atoms with van der Waals surface area (Å²) in [6.45, 7) is 0.942. The molecule has 0 saturated heterocycles. The molecule has 1 aromatic carbocycles. The van der Waals surface area contributed by atoms with Gasteiger partial charge in [-0.2, -0.15) is 13.2 Å². The molecule has 0 bridgehead atoms. The van der Waals surface area contributed by atoms with Crippen molar-refractivity contribution in [2.45, 2.75) is 32.0 Å². The molecule has 0 fully saturated rings. The molecule has 0 radical (unpaired) electrons. The molecule has 0 aromatic heterocycles. The smallest absolute Gasteiger partial charge is 0.377 e. The fourth-order valence-electron chi connectivity index (χ4n) is 1.51. The van der Waals surface area contributed by atoms with Crippen molar-refractivity contribution in [1.29, 1.82) is 0 Å². The van der Waals surface area contributed by atoms with Crippen molar-refractivity contribution in [2.75, 3.05) is 11.9 Å². The summed E-state index contributed by atoms with van der Waals surface area (Å²) in [7, 11) is 0. The number of anilines is 1. The first-order valence-corrected chi connectivity index (χ1v) is 6.42.